The van der Waals surface area contributed by atoms with Gasteiger partial charge in [-0.25, -0.2) is 0 Å². The van der Waals surface area contributed by atoms with E-state index in [-0.39, 0.29) is 23.7 Å². The third kappa shape index (κ3) is 3.23. The maximum Gasteiger partial charge on any atom is 0.247 e. The number of hydrogen-bond donors (Lipinski definition) is 1. The predicted octanol–water partition coefficient (Wildman–Crippen LogP) is 2.85. The van der Waals surface area contributed by atoms with Crippen molar-refractivity contribution in [2.45, 2.75) is 38.6 Å². The van der Waals surface area contributed by atoms with Gasteiger partial charge in [0.15, 0.2) is 0 Å². The van der Waals surface area contributed by atoms with E-state index < -0.39 is 11.9 Å². The molecule has 0 aromatic heterocycles. The summed E-state index contributed by atoms with van der Waals surface area (Å²) in [7, 11) is 1.49. The monoisotopic (exact) mass is 364 g/mol. The number of ether oxygens (including phenoxy) is 1. The number of methoxy groups -OCH3 is 1. The molecule has 2 aliphatic rings. The van der Waals surface area contributed by atoms with E-state index >= 15 is 0 Å². The first kappa shape index (κ1) is 17.7. The zero-order valence-corrected chi connectivity index (χ0v) is 15.0. The summed E-state index contributed by atoms with van der Waals surface area (Å²) in [6.07, 6.45) is 3.35. The molecule has 2 fully saturated rings. The van der Waals surface area contributed by atoms with Crippen LogP contribution in [0.2, 0.25) is 5.02 Å². The Bertz CT molecular complexity index is 697. The summed E-state index contributed by atoms with van der Waals surface area (Å²) in [6.45, 7) is 1.57. The van der Waals surface area contributed by atoms with E-state index in [9.17, 15) is 14.4 Å². The quantitative estimate of drug-likeness (QED) is 0.833. The lowest BCUT2D eigenvalue weighted by molar-refractivity contribution is -0.146. The van der Waals surface area contributed by atoms with Crippen LogP contribution in [0.25, 0.3) is 0 Å². The number of halogens is 1. The summed E-state index contributed by atoms with van der Waals surface area (Å²) in [5, 5.41) is 3.15. The number of nitrogens with one attached hydrogen (secondary N) is 1. The Morgan fingerprint density at radius 2 is 1.84 bits per heavy atom. The highest BCUT2D eigenvalue weighted by molar-refractivity contribution is 6.31. The zero-order valence-electron chi connectivity index (χ0n) is 14.3. The van der Waals surface area contributed by atoms with E-state index in [2.05, 4.69) is 5.32 Å². The standard InChI is InChI=1S/C18H21ClN2O4/c1-10(16(22)20-14-9-11(19)7-8-15(14)25-2)21-17(23)12-5-3-4-6-13(12)18(21)24/h7-10,12-13H,3-6H2,1-2H3,(H,20,22). The number of rotatable bonds is 4. The third-order valence-electron chi connectivity index (χ3n) is 5.06. The largest absolute Gasteiger partial charge is 0.495 e. The first-order valence-electron chi connectivity index (χ1n) is 8.45. The average molecular weight is 365 g/mol. The molecule has 1 saturated carbocycles. The molecule has 3 unspecified atom stereocenters. The first-order valence-corrected chi connectivity index (χ1v) is 8.83. The van der Waals surface area contributed by atoms with Crippen LogP contribution in [0.15, 0.2) is 18.2 Å². The maximum atomic E-state index is 12.6. The summed E-state index contributed by atoms with van der Waals surface area (Å²) in [5.74, 6) is -0.973. The minimum absolute atomic E-state index is 0.226. The lowest BCUT2D eigenvalue weighted by Crippen LogP contribution is -2.46. The SMILES string of the molecule is COc1ccc(Cl)cc1NC(=O)C(C)N1C(=O)C2CCCCC2C1=O. The summed E-state index contributed by atoms with van der Waals surface area (Å²) in [6, 6.07) is 3.98. The Morgan fingerprint density at radius 3 is 2.40 bits per heavy atom. The van der Waals surface area contributed by atoms with Gasteiger partial charge in [0.25, 0.3) is 0 Å². The summed E-state index contributed by atoms with van der Waals surface area (Å²) in [5.41, 5.74) is 0.406. The Morgan fingerprint density at radius 1 is 1.24 bits per heavy atom. The van der Waals surface area contributed by atoms with Crippen molar-refractivity contribution in [1.29, 1.82) is 0 Å². The first-order chi connectivity index (χ1) is 11.9. The van der Waals surface area contributed by atoms with Crippen molar-refractivity contribution in [3.63, 3.8) is 0 Å². The van der Waals surface area contributed by atoms with Crippen molar-refractivity contribution in [2.24, 2.45) is 11.8 Å². The molecule has 0 bridgehead atoms. The topological polar surface area (TPSA) is 75.7 Å². The predicted molar refractivity (Wildman–Crippen MR) is 93.4 cm³/mol. The second-order valence-corrected chi connectivity index (χ2v) is 6.99. The third-order valence-corrected chi connectivity index (χ3v) is 5.30. The molecule has 3 rings (SSSR count). The molecule has 1 heterocycles. The highest BCUT2D eigenvalue weighted by Gasteiger charge is 2.50. The number of nitrogens with zero attached hydrogens (tertiary/aromatic N) is 1. The molecule has 1 aliphatic heterocycles. The number of benzene rings is 1. The molecule has 1 N–H and O–H groups in total. The molecule has 1 aromatic rings. The second kappa shape index (κ2) is 7.04. The van der Waals surface area contributed by atoms with E-state index in [0.717, 1.165) is 30.6 Å². The van der Waals surface area contributed by atoms with Crippen LogP contribution in [0.1, 0.15) is 32.6 Å². The van der Waals surface area contributed by atoms with E-state index in [1.807, 2.05) is 0 Å². The van der Waals surface area contributed by atoms with Crippen LogP contribution >= 0.6 is 11.6 Å². The smallest absolute Gasteiger partial charge is 0.247 e. The molecule has 3 atom stereocenters. The number of amides is 3. The van der Waals surface area contributed by atoms with Crippen molar-refractivity contribution in [2.75, 3.05) is 12.4 Å². The fraction of sp³-hybridized carbons (Fsp3) is 0.500. The average Bonchev–Trinajstić information content (AvgIpc) is 2.86. The Kier molecular flexibility index (Phi) is 4.99. The van der Waals surface area contributed by atoms with Crippen LogP contribution in [0, 0.1) is 11.8 Å². The lowest BCUT2D eigenvalue weighted by Gasteiger charge is -2.23. The zero-order chi connectivity index (χ0) is 18.1. The number of carbonyl (C=O) groups is 3. The van der Waals surface area contributed by atoms with E-state index in [0.29, 0.717) is 16.5 Å². The number of likely N-dealkylation sites (tertiary alicyclic amines) is 1. The Hall–Kier alpha value is -2.08. The van der Waals surface area contributed by atoms with Gasteiger partial charge < -0.3 is 10.1 Å². The van der Waals surface area contributed by atoms with Crippen molar-refractivity contribution in [3.05, 3.63) is 23.2 Å². The van der Waals surface area contributed by atoms with Gasteiger partial charge in [-0.1, -0.05) is 24.4 Å². The number of carbonyl (C=O) groups excluding carboxylic acids is 3. The van der Waals surface area contributed by atoms with Gasteiger partial charge in [0.05, 0.1) is 24.6 Å². The number of anilines is 1. The molecule has 7 heteroatoms. The normalized spacial score (nSPS) is 24.0. The molecule has 0 spiro atoms. The van der Waals surface area contributed by atoms with Crippen molar-refractivity contribution in [3.8, 4) is 5.75 Å². The van der Waals surface area contributed by atoms with Gasteiger partial charge in [0, 0.05) is 5.02 Å². The Balaban J connectivity index is 1.78. The molecular weight excluding hydrogens is 344 g/mol. The van der Waals surface area contributed by atoms with Crippen LogP contribution < -0.4 is 10.1 Å². The summed E-state index contributed by atoms with van der Waals surface area (Å²) >= 11 is 5.97. The summed E-state index contributed by atoms with van der Waals surface area (Å²) < 4.78 is 5.21. The number of hydrogen-bond acceptors (Lipinski definition) is 4. The molecule has 1 saturated heterocycles. The van der Waals surface area contributed by atoms with Gasteiger partial charge in [-0.2, -0.15) is 0 Å². The second-order valence-electron chi connectivity index (χ2n) is 6.55. The minimum Gasteiger partial charge on any atom is -0.495 e. The van der Waals surface area contributed by atoms with Gasteiger partial charge in [-0.3, -0.25) is 19.3 Å². The van der Waals surface area contributed by atoms with Crippen molar-refractivity contribution in [1.82, 2.24) is 4.90 Å². The van der Waals surface area contributed by atoms with Crippen LogP contribution in [-0.2, 0) is 14.4 Å². The summed E-state index contributed by atoms with van der Waals surface area (Å²) in [4.78, 5) is 39.0. The number of imide groups is 1. The highest BCUT2D eigenvalue weighted by Crippen LogP contribution is 2.39. The molecule has 3 amide bonds. The molecule has 1 aromatic carbocycles. The van der Waals surface area contributed by atoms with Crippen LogP contribution in [0.5, 0.6) is 5.75 Å². The highest BCUT2D eigenvalue weighted by atomic mass is 35.5. The van der Waals surface area contributed by atoms with Gasteiger partial charge in [0.1, 0.15) is 11.8 Å². The lowest BCUT2D eigenvalue weighted by atomic mass is 9.81. The molecule has 25 heavy (non-hydrogen) atoms. The van der Waals surface area contributed by atoms with Crippen LogP contribution in [0.4, 0.5) is 5.69 Å². The van der Waals surface area contributed by atoms with Gasteiger partial charge >= 0.3 is 0 Å². The Labute approximate surface area is 151 Å². The van der Waals surface area contributed by atoms with Crippen molar-refractivity contribution < 1.29 is 19.1 Å². The molecule has 0 radical (unpaired) electrons. The maximum absolute atomic E-state index is 12.6. The van der Waals surface area contributed by atoms with Crippen molar-refractivity contribution >= 4 is 35.0 Å². The van der Waals surface area contributed by atoms with E-state index in [4.69, 9.17) is 16.3 Å². The van der Waals surface area contributed by atoms with Gasteiger partial charge in [0.2, 0.25) is 17.7 Å². The molecule has 6 nitrogen and oxygen atoms in total. The van der Waals surface area contributed by atoms with Gasteiger partial charge in [-0.15, -0.1) is 0 Å². The molecular formula is C18H21ClN2O4. The van der Waals surface area contributed by atoms with E-state index in [1.54, 1.807) is 25.1 Å². The fourth-order valence-corrected chi connectivity index (χ4v) is 3.87. The van der Waals surface area contributed by atoms with Crippen LogP contribution in [0.3, 0.4) is 0 Å². The fourth-order valence-electron chi connectivity index (χ4n) is 3.70. The van der Waals surface area contributed by atoms with Gasteiger partial charge in [-0.05, 0) is 38.0 Å². The number of fused-ring (bicyclic) bond motifs is 1. The molecule has 1 aliphatic carbocycles. The van der Waals surface area contributed by atoms with Crippen LogP contribution in [-0.4, -0.2) is 35.8 Å². The minimum atomic E-state index is -0.880. The molecule has 134 valence electrons. The van der Waals surface area contributed by atoms with E-state index in [1.165, 1.54) is 7.11 Å².